The van der Waals surface area contributed by atoms with E-state index >= 15 is 0 Å². The minimum absolute atomic E-state index is 0.276. The zero-order chi connectivity index (χ0) is 13.4. The molecular formula is C15H22NO2-. The van der Waals surface area contributed by atoms with E-state index in [9.17, 15) is 9.90 Å². The molecular weight excluding hydrogens is 226 g/mol. The number of aryl methyl sites for hydroxylation is 1. The average molecular weight is 248 g/mol. The first-order valence-electron chi connectivity index (χ1n) is 6.75. The summed E-state index contributed by atoms with van der Waals surface area (Å²) in [6.45, 7) is 2.19. The molecule has 3 heteroatoms. The lowest BCUT2D eigenvalue weighted by Gasteiger charge is -2.11. The summed E-state index contributed by atoms with van der Waals surface area (Å²) in [5.74, 6) is -1.11. The number of nitrogen functional groups attached to an aromatic ring is 1. The molecule has 0 atom stereocenters. The number of carbonyl (C=O) groups is 1. The quantitative estimate of drug-likeness (QED) is 0.568. The molecule has 0 radical (unpaired) electrons. The second kappa shape index (κ2) is 7.75. The zero-order valence-electron chi connectivity index (χ0n) is 11.1. The summed E-state index contributed by atoms with van der Waals surface area (Å²) in [6.07, 6.45) is 7.92. The van der Waals surface area contributed by atoms with Gasteiger partial charge in [-0.2, -0.15) is 0 Å². The van der Waals surface area contributed by atoms with Gasteiger partial charge in [0.25, 0.3) is 0 Å². The highest BCUT2D eigenvalue weighted by atomic mass is 16.4. The number of carbonyl (C=O) groups excluding carboxylic acids is 1. The fourth-order valence-electron chi connectivity index (χ4n) is 2.12. The first kappa shape index (κ1) is 14.6. The molecule has 0 unspecified atom stereocenters. The third-order valence-corrected chi connectivity index (χ3v) is 3.15. The lowest BCUT2D eigenvalue weighted by atomic mass is 10.00. The van der Waals surface area contributed by atoms with Gasteiger partial charge in [0.2, 0.25) is 0 Å². The molecule has 1 aromatic rings. The number of hydrogen-bond acceptors (Lipinski definition) is 3. The Balaban J connectivity index is 2.45. The summed E-state index contributed by atoms with van der Waals surface area (Å²) in [4.78, 5) is 11.0. The highest BCUT2D eigenvalue weighted by molar-refractivity contribution is 5.88. The number of benzene rings is 1. The van der Waals surface area contributed by atoms with Crippen LogP contribution in [0.3, 0.4) is 0 Å². The van der Waals surface area contributed by atoms with Gasteiger partial charge in [-0.3, -0.25) is 0 Å². The van der Waals surface area contributed by atoms with Gasteiger partial charge in [0.05, 0.1) is 5.97 Å². The fourth-order valence-corrected chi connectivity index (χ4v) is 2.12. The van der Waals surface area contributed by atoms with Gasteiger partial charge in [-0.1, -0.05) is 45.1 Å². The summed E-state index contributed by atoms with van der Waals surface area (Å²) in [5, 5.41) is 11.0. The molecule has 0 bridgehead atoms. The van der Waals surface area contributed by atoms with Crippen LogP contribution in [0.25, 0.3) is 0 Å². The van der Waals surface area contributed by atoms with E-state index in [0.717, 1.165) is 24.8 Å². The third-order valence-electron chi connectivity index (χ3n) is 3.15. The molecule has 0 spiro atoms. The standard InChI is InChI=1S/C15H23NO2/c1-2-3-4-5-6-7-8-12-11-13(16)9-10-14(12)15(17)18/h9-11H,2-8,16H2,1H3,(H,17,18)/p-1. The Morgan fingerprint density at radius 1 is 1.17 bits per heavy atom. The van der Waals surface area contributed by atoms with Crippen LogP contribution in [0, 0.1) is 0 Å². The number of rotatable bonds is 8. The number of hydrogen-bond donors (Lipinski definition) is 1. The van der Waals surface area contributed by atoms with E-state index in [1.54, 1.807) is 12.1 Å². The summed E-state index contributed by atoms with van der Waals surface area (Å²) in [7, 11) is 0. The van der Waals surface area contributed by atoms with E-state index in [-0.39, 0.29) is 5.56 Å². The van der Waals surface area contributed by atoms with Crippen molar-refractivity contribution in [3.05, 3.63) is 29.3 Å². The molecule has 0 saturated carbocycles. The Hall–Kier alpha value is -1.51. The van der Waals surface area contributed by atoms with Gasteiger partial charge in [-0.15, -0.1) is 0 Å². The van der Waals surface area contributed by atoms with Crippen LogP contribution < -0.4 is 10.8 Å². The maximum absolute atomic E-state index is 11.0. The average Bonchev–Trinajstić information content (AvgIpc) is 2.33. The number of carboxylic acid groups (broad SMARTS) is 1. The second-order valence-electron chi connectivity index (χ2n) is 4.72. The first-order valence-corrected chi connectivity index (χ1v) is 6.75. The lowest BCUT2D eigenvalue weighted by molar-refractivity contribution is -0.255. The summed E-state index contributed by atoms with van der Waals surface area (Å²) in [5.41, 5.74) is 7.37. The van der Waals surface area contributed by atoms with Gasteiger partial charge in [0, 0.05) is 11.3 Å². The predicted molar refractivity (Wildman–Crippen MR) is 72.3 cm³/mol. The highest BCUT2D eigenvalue weighted by Gasteiger charge is 2.04. The third kappa shape index (κ3) is 4.78. The van der Waals surface area contributed by atoms with Crippen LogP contribution >= 0.6 is 0 Å². The van der Waals surface area contributed by atoms with Gasteiger partial charge >= 0.3 is 0 Å². The van der Waals surface area contributed by atoms with Crippen molar-refractivity contribution < 1.29 is 9.90 Å². The predicted octanol–water partition coefficient (Wildman–Crippen LogP) is 2.54. The van der Waals surface area contributed by atoms with Crippen molar-refractivity contribution in [3.63, 3.8) is 0 Å². The normalized spacial score (nSPS) is 10.5. The molecule has 0 saturated heterocycles. The van der Waals surface area contributed by atoms with Crippen molar-refractivity contribution in [2.45, 2.75) is 51.9 Å². The van der Waals surface area contributed by atoms with Crippen LogP contribution in [0.5, 0.6) is 0 Å². The lowest BCUT2D eigenvalue weighted by Crippen LogP contribution is -2.23. The smallest absolute Gasteiger partial charge is 0.0718 e. The molecule has 0 aromatic heterocycles. The van der Waals surface area contributed by atoms with Gasteiger partial charge < -0.3 is 15.6 Å². The van der Waals surface area contributed by atoms with Crippen molar-refractivity contribution in [1.82, 2.24) is 0 Å². The zero-order valence-corrected chi connectivity index (χ0v) is 11.1. The van der Waals surface area contributed by atoms with Gasteiger partial charge in [-0.05, 0) is 30.5 Å². The van der Waals surface area contributed by atoms with Crippen molar-refractivity contribution in [2.24, 2.45) is 0 Å². The van der Waals surface area contributed by atoms with E-state index in [1.807, 2.05) is 0 Å². The number of aromatic carboxylic acids is 1. The largest absolute Gasteiger partial charge is 0.545 e. The molecule has 0 aliphatic rings. The molecule has 100 valence electrons. The second-order valence-corrected chi connectivity index (χ2v) is 4.72. The fraction of sp³-hybridized carbons (Fsp3) is 0.533. The number of carboxylic acids is 1. The van der Waals surface area contributed by atoms with Crippen molar-refractivity contribution >= 4 is 11.7 Å². The molecule has 3 nitrogen and oxygen atoms in total. The molecule has 1 aromatic carbocycles. The first-order chi connectivity index (χ1) is 8.65. The number of anilines is 1. The Labute approximate surface area is 109 Å². The molecule has 18 heavy (non-hydrogen) atoms. The van der Waals surface area contributed by atoms with E-state index in [1.165, 1.54) is 31.7 Å². The molecule has 0 fully saturated rings. The summed E-state index contributed by atoms with van der Waals surface area (Å²) in [6, 6.07) is 4.89. The summed E-state index contributed by atoms with van der Waals surface area (Å²) < 4.78 is 0. The van der Waals surface area contributed by atoms with E-state index in [4.69, 9.17) is 5.73 Å². The van der Waals surface area contributed by atoms with E-state index in [2.05, 4.69) is 6.92 Å². The van der Waals surface area contributed by atoms with Gasteiger partial charge in [-0.25, -0.2) is 0 Å². The molecule has 0 aliphatic carbocycles. The number of unbranched alkanes of at least 4 members (excludes halogenated alkanes) is 5. The Kier molecular flexibility index (Phi) is 6.26. The van der Waals surface area contributed by atoms with Crippen LogP contribution in [0.1, 0.15) is 61.4 Å². The van der Waals surface area contributed by atoms with E-state index < -0.39 is 5.97 Å². The van der Waals surface area contributed by atoms with Crippen LogP contribution in [0.4, 0.5) is 5.69 Å². The number of nitrogens with two attached hydrogens (primary N) is 1. The van der Waals surface area contributed by atoms with Crippen LogP contribution in [0.15, 0.2) is 18.2 Å². The molecule has 2 N–H and O–H groups in total. The minimum atomic E-state index is -1.11. The summed E-state index contributed by atoms with van der Waals surface area (Å²) >= 11 is 0. The van der Waals surface area contributed by atoms with Crippen molar-refractivity contribution in [2.75, 3.05) is 5.73 Å². The van der Waals surface area contributed by atoms with Gasteiger partial charge in [0.15, 0.2) is 0 Å². The van der Waals surface area contributed by atoms with Crippen molar-refractivity contribution in [1.29, 1.82) is 0 Å². The molecule has 0 heterocycles. The van der Waals surface area contributed by atoms with Crippen LogP contribution in [-0.2, 0) is 6.42 Å². The maximum atomic E-state index is 11.0. The SMILES string of the molecule is CCCCCCCCc1cc(N)ccc1C(=O)[O-]. The van der Waals surface area contributed by atoms with Crippen LogP contribution in [0.2, 0.25) is 0 Å². The Bertz CT molecular complexity index is 388. The highest BCUT2D eigenvalue weighted by Crippen LogP contribution is 2.17. The molecule has 0 aliphatic heterocycles. The van der Waals surface area contributed by atoms with E-state index in [0.29, 0.717) is 5.69 Å². The Morgan fingerprint density at radius 2 is 1.83 bits per heavy atom. The van der Waals surface area contributed by atoms with Gasteiger partial charge in [0.1, 0.15) is 0 Å². The minimum Gasteiger partial charge on any atom is -0.545 e. The van der Waals surface area contributed by atoms with Crippen molar-refractivity contribution in [3.8, 4) is 0 Å². The monoisotopic (exact) mass is 248 g/mol. The maximum Gasteiger partial charge on any atom is 0.0718 e. The molecule has 1 rings (SSSR count). The molecule has 0 amide bonds. The van der Waals surface area contributed by atoms with Crippen LogP contribution in [-0.4, -0.2) is 5.97 Å². The Morgan fingerprint density at radius 3 is 2.50 bits per heavy atom. The topological polar surface area (TPSA) is 66.2 Å².